The maximum atomic E-state index is 14.1. The summed E-state index contributed by atoms with van der Waals surface area (Å²) in [5.74, 6) is -0.409. The fraction of sp³-hybridized carbons (Fsp3) is 0.267. The summed E-state index contributed by atoms with van der Waals surface area (Å²) >= 11 is 1.64. The largest absolute Gasteiger partial charge is 0.347 e. The van der Waals surface area contributed by atoms with Crippen molar-refractivity contribution in [3.63, 3.8) is 0 Å². The summed E-state index contributed by atoms with van der Waals surface area (Å²) in [6, 6.07) is 10.0. The van der Waals surface area contributed by atoms with Crippen molar-refractivity contribution in [2.75, 3.05) is 0 Å². The second-order valence-electron chi connectivity index (χ2n) is 5.34. The topological polar surface area (TPSA) is 53.2 Å². The summed E-state index contributed by atoms with van der Waals surface area (Å²) in [5.41, 5.74) is 6.78. The second kappa shape index (κ2) is 4.91. The van der Waals surface area contributed by atoms with Crippen LogP contribution in [-0.2, 0) is 4.79 Å². The van der Waals surface area contributed by atoms with Crippen LogP contribution in [0.4, 0.5) is 4.39 Å². The van der Waals surface area contributed by atoms with E-state index in [9.17, 15) is 9.18 Å². The minimum absolute atomic E-state index is 0.00134. The van der Waals surface area contributed by atoms with E-state index in [0.717, 1.165) is 4.88 Å². The molecule has 2 aliphatic rings. The van der Waals surface area contributed by atoms with Crippen LogP contribution in [0.1, 0.15) is 22.5 Å². The molecule has 2 saturated heterocycles. The molecule has 3 N–H and O–H groups in total. The number of hydrazine groups is 1. The van der Waals surface area contributed by atoms with Crippen LogP contribution in [0.5, 0.6) is 0 Å². The lowest BCUT2D eigenvalue weighted by Gasteiger charge is -2.23. The third-order valence-electron chi connectivity index (χ3n) is 4.22. The van der Waals surface area contributed by atoms with Crippen LogP contribution in [-0.4, -0.2) is 11.9 Å². The third-order valence-corrected chi connectivity index (χ3v) is 5.17. The Hall–Kier alpha value is -1.76. The van der Waals surface area contributed by atoms with E-state index in [1.807, 2.05) is 17.5 Å². The number of halogens is 1. The number of rotatable bonds is 2. The first-order valence-electron chi connectivity index (χ1n) is 6.85. The molecule has 0 saturated carbocycles. The highest BCUT2D eigenvalue weighted by molar-refractivity contribution is 7.10. The van der Waals surface area contributed by atoms with E-state index < -0.39 is 0 Å². The average Bonchev–Trinajstić information content (AvgIpc) is 3.18. The molecule has 1 aromatic heterocycles. The Kier molecular flexibility index (Phi) is 3.02. The van der Waals surface area contributed by atoms with E-state index in [2.05, 4.69) is 16.2 Å². The first-order chi connectivity index (χ1) is 10.3. The highest BCUT2D eigenvalue weighted by Gasteiger charge is 2.52. The van der Waals surface area contributed by atoms with Gasteiger partial charge in [0, 0.05) is 16.4 Å². The Labute approximate surface area is 125 Å². The minimum atomic E-state index is -0.332. The van der Waals surface area contributed by atoms with E-state index in [-0.39, 0.29) is 35.8 Å². The van der Waals surface area contributed by atoms with Gasteiger partial charge in [0.1, 0.15) is 11.9 Å². The maximum absolute atomic E-state index is 14.1. The standard InChI is InChI=1S/C15H14FN3OS/c16-9-5-2-1-4-8(9)12-11-13(10-6-3-7-21-10)18-19-14(11)15(20)17-12/h1-7,11-14,18-19H,(H,17,20). The van der Waals surface area contributed by atoms with Crippen LogP contribution in [0.3, 0.4) is 0 Å². The Morgan fingerprint density at radius 1 is 1.00 bits per heavy atom. The smallest absolute Gasteiger partial charge is 0.239 e. The van der Waals surface area contributed by atoms with Crippen LogP contribution in [0.15, 0.2) is 41.8 Å². The number of carbonyl (C=O) groups is 1. The first kappa shape index (κ1) is 12.9. The number of carbonyl (C=O) groups excluding carboxylic acids is 1. The molecule has 0 radical (unpaired) electrons. The predicted octanol–water partition coefficient (Wildman–Crippen LogP) is 1.89. The molecule has 0 bridgehead atoms. The Morgan fingerprint density at radius 2 is 1.81 bits per heavy atom. The monoisotopic (exact) mass is 303 g/mol. The van der Waals surface area contributed by atoms with E-state index >= 15 is 0 Å². The zero-order valence-electron chi connectivity index (χ0n) is 11.0. The fourth-order valence-corrected chi connectivity index (χ4v) is 4.10. The molecule has 2 aliphatic heterocycles. The van der Waals surface area contributed by atoms with Gasteiger partial charge in [0.15, 0.2) is 0 Å². The number of nitrogens with one attached hydrogen (secondary N) is 3. The van der Waals surface area contributed by atoms with Gasteiger partial charge in [0.05, 0.1) is 12.1 Å². The highest BCUT2D eigenvalue weighted by atomic mass is 32.1. The van der Waals surface area contributed by atoms with Gasteiger partial charge >= 0.3 is 0 Å². The molecular weight excluding hydrogens is 289 g/mol. The van der Waals surface area contributed by atoms with E-state index in [4.69, 9.17) is 0 Å². The number of fused-ring (bicyclic) bond motifs is 1. The predicted molar refractivity (Wildman–Crippen MR) is 77.9 cm³/mol. The van der Waals surface area contributed by atoms with Gasteiger partial charge in [0.2, 0.25) is 5.91 Å². The molecule has 4 unspecified atom stereocenters. The summed E-state index contributed by atoms with van der Waals surface area (Å²) in [5, 5.41) is 4.93. The lowest BCUT2D eigenvalue weighted by atomic mass is 9.86. The molecule has 6 heteroatoms. The van der Waals surface area contributed by atoms with Crippen LogP contribution >= 0.6 is 11.3 Å². The molecule has 4 nitrogen and oxygen atoms in total. The number of hydrogen-bond acceptors (Lipinski definition) is 4. The third kappa shape index (κ3) is 1.98. The number of hydrogen-bond donors (Lipinski definition) is 3. The summed E-state index contributed by atoms with van der Waals surface area (Å²) in [6.07, 6.45) is 0. The summed E-state index contributed by atoms with van der Waals surface area (Å²) in [4.78, 5) is 13.3. The van der Waals surface area contributed by atoms with Crippen LogP contribution in [0, 0.1) is 11.7 Å². The van der Waals surface area contributed by atoms with Gasteiger partial charge in [0.25, 0.3) is 0 Å². The highest BCUT2D eigenvalue weighted by Crippen LogP contribution is 2.43. The van der Waals surface area contributed by atoms with Crippen LogP contribution in [0.2, 0.25) is 0 Å². The van der Waals surface area contributed by atoms with E-state index in [1.165, 1.54) is 6.07 Å². The summed E-state index contributed by atoms with van der Waals surface area (Å²) in [7, 11) is 0. The molecule has 2 fully saturated rings. The van der Waals surface area contributed by atoms with Crippen molar-refractivity contribution in [1.82, 2.24) is 16.2 Å². The SMILES string of the molecule is O=C1NC(c2ccccc2F)C2C1NNC2c1cccs1. The van der Waals surface area contributed by atoms with Gasteiger partial charge in [-0.2, -0.15) is 0 Å². The summed E-state index contributed by atoms with van der Waals surface area (Å²) in [6.45, 7) is 0. The number of benzene rings is 1. The van der Waals surface area contributed by atoms with Gasteiger partial charge in [-0.05, 0) is 17.5 Å². The van der Waals surface area contributed by atoms with Gasteiger partial charge in [-0.3, -0.25) is 4.79 Å². The maximum Gasteiger partial charge on any atom is 0.239 e. The zero-order valence-corrected chi connectivity index (χ0v) is 11.9. The van der Waals surface area contributed by atoms with Crippen molar-refractivity contribution in [1.29, 1.82) is 0 Å². The van der Waals surface area contributed by atoms with Gasteiger partial charge in [-0.15, -0.1) is 11.3 Å². The number of amides is 1. The Bertz CT molecular complexity index is 675. The second-order valence-corrected chi connectivity index (χ2v) is 6.32. The van der Waals surface area contributed by atoms with Crippen molar-refractivity contribution in [2.24, 2.45) is 5.92 Å². The van der Waals surface area contributed by atoms with Crippen molar-refractivity contribution >= 4 is 17.2 Å². The van der Waals surface area contributed by atoms with Crippen molar-refractivity contribution in [3.8, 4) is 0 Å². The molecule has 108 valence electrons. The lowest BCUT2D eigenvalue weighted by molar-refractivity contribution is -0.121. The number of thiophene rings is 1. The molecule has 2 aromatic rings. The van der Waals surface area contributed by atoms with Gasteiger partial charge in [-0.25, -0.2) is 15.2 Å². The molecule has 1 aromatic carbocycles. The lowest BCUT2D eigenvalue weighted by Crippen LogP contribution is -2.39. The van der Waals surface area contributed by atoms with Crippen molar-refractivity contribution in [3.05, 3.63) is 58.0 Å². The molecular formula is C15H14FN3OS. The quantitative estimate of drug-likeness (QED) is 0.794. The zero-order chi connectivity index (χ0) is 14.4. The van der Waals surface area contributed by atoms with E-state index in [1.54, 1.807) is 29.5 Å². The molecule has 4 rings (SSSR count). The normalized spacial score (nSPS) is 31.2. The van der Waals surface area contributed by atoms with Crippen LogP contribution in [0.25, 0.3) is 0 Å². The van der Waals surface area contributed by atoms with Gasteiger partial charge < -0.3 is 5.32 Å². The molecule has 3 heterocycles. The molecule has 0 spiro atoms. The van der Waals surface area contributed by atoms with Gasteiger partial charge in [-0.1, -0.05) is 24.3 Å². The Balaban J connectivity index is 1.75. The van der Waals surface area contributed by atoms with E-state index in [0.29, 0.717) is 5.56 Å². The molecule has 1 amide bonds. The van der Waals surface area contributed by atoms with Crippen LogP contribution < -0.4 is 16.2 Å². The minimum Gasteiger partial charge on any atom is -0.347 e. The summed E-state index contributed by atoms with van der Waals surface area (Å²) < 4.78 is 14.1. The average molecular weight is 303 g/mol. The van der Waals surface area contributed by atoms with Crippen molar-refractivity contribution < 1.29 is 9.18 Å². The molecule has 21 heavy (non-hydrogen) atoms. The Morgan fingerprint density at radius 3 is 2.57 bits per heavy atom. The molecule has 4 atom stereocenters. The molecule has 0 aliphatic carbocycles. The first-order valence-corrected chi connectivity index (χ1v) is 7.73. The fourth-order valence-electron chi connectivity index (χ4n) is 3.27. The van der Waals surface area contributed by atoms with Crippen molar-refractivity contribution in [2.45, 2.75) is 18.1 Å².